The van der Waals surface area contributed by atoms with Crippen LogP contribution in [0, 0.1) is 12.8 Å². The average Bonchev–Trinajstić information content (AvgIpc) is 3.04. The van der Waals surface area contributed by atoms with E-state index in [0.29, 0.717) is 13.1 Å². The molecule has 2 N–H and O–H groups in total. The molecule has 146 valence electrons. The van der Waals surface area contributed by atoms with Gasteiger partial charge in [0.05, 0.1) is 20.3 Å². The molecule has 1 saturated carbocycles. The summed E-state index contributed by atoms with van der Waals surface area (Å²) < 4.78 is 10.8. The number of aliphatic imine (C=N–C) groups is 1. The highest BCUT2D eigenvalue weighted by atomic mass is 16.5. The molecule has 0 bridgehead atoms. The van der Waals surface area contributed by atoms with E-state index in [1.54, 1.807) is 14.2 Å². The van der Waals surface area contributed by atoms with Crippen LogP contribution in [0.3, 0.4) is 0 Å². The standard InChI is InChI=1S/C20H33N3O3/c1-6-21-20(22-12-15-8-7-9-17(15)24)23(3)13-16-11-19(26-5)18(25-4)10-14(16)2/h10-11,15,17,24H,6-9,12-13H2,1-5H3,(H,21,22). The summed E-state index contributed by atoms with van der Waals surface area (Å²) in [5.41, 5.74) is 2.31. The fourth-order valence-corrected chi connectivity index (χ4v) is 3.43. The topological polar surface area (TPSA) is 66.3 Å². The number of aryl methyl sites for hydroxylation is 1. The molecule has 2 rings (SSSR count). The lowest BCUT2D eigenvalue weighted by Gasteiger charge is -2.24. The Bertz CT molecular complexity index is 619. The van der Waals surface area contributed by atoms with Gasteiger partial charge in [0.25, 0.3) is 0 Å². The van der Waals surface area contributed by atoms with Crippen molar-refractivity contribution < 1.29 is 14.6 Å². The third-order valence-electron chi connectivity index (χ3n) is 5.04. The minimum atomic E-state index is -0.208. The van der Waals surface area contributed by atoms with E-state index < -0.39 is 0 Å². The molecule has 0 radical (unpaired) electrons. The summed E-state index contributed by atoms with van der Waals surface area (Å²) in [6, 6.07) is 4.02. The smallest absolute Gasteiger partial charge is 0.193 e. The second-order valence-corrected chi connectivity index (χ2v) is 6.94. The van der Waals surface area contributed by atoms with Crippen LogP contribution in [0.15, 0.2) is 17.1 Å². The summed E-state index contributed by atoms with van der Waals surface area (Å²) in [5, 5.41) is 13.4. The molecule has 0 amide bonds. The van der Waals surface area contributed by atoms with Gasteiger partial charge in [0, 0.05) is 32.6 Å². The van der Waals surface area contributed by atoms with Crippen LogP contribution >= 0.6 is 0 Å². The molecule has 1 fully saturated rings. The number of nitrogens with zero attached hydrogens (tertiary/aromatic N) is 2. The maximum atomic E-state index is 10.0. The fourth-order valence-electron chi connectivity index (χ4n) is 3.43. The highest BCUT2D eigenvalue weighted by molar-refractivity contribution is 5.79. The maximum absolute atomic E-state index is 10.0. The first kappa shape index (κ1) is 20.4. The second-order valence-electron chi connectivity index (χ2n) is 6.94. The summed E-state index contributed by atoms with van der Waals surface area (Å²) in [6.07, 6.45) is 2.85. The van der Waals surface area contributed by atoms with Gasteiger partial charge in [-0.3, -0.25) is 4.99 Å². The Labute approximate surface area is 157 Å². The largest absolute Gasteiger partial charge is 0.493 e. The van der Waals surface area contributed by atoms with Crippen LogP contribution in [-0.4, -0.2) is 56.4 Å². The van der Waals surface area contributed by atoms with Gasteiger partial charge < -0.3 is 24.8 Å². The Morgan fingerprint density at radius 3 is 2.54 bits per heavy atom. The molecule has 2 unspecified atom stereocenters. The van der Waals surface area contributed by atoms with Crippen LogP contribution in [0.25, 0.3) is 0 Å². The van der Waals surface area contributed by atoms with Crippen LogP contribution in [0.4, 0.5) is 0 Å². The predicted octanol–water partition coefficient (Wildman–Crippen LogP) is 2.57. The van der Waals surface area contributed by atoms with Crippen molar-refractivity contribution in [3.8, 4) is 11.5 Å². The van der Waals surface area contributed by atoms with Crippen molar-refractivity contribution in [3.05, 3.63) is 23.3 Å². The SMILES string of the molecule is CCNC(=NCC1CCCC1O)N(C)Cc1cc(OC)c(OC)cc1C. The molecule has 1 aliphatic carbocycles. The number of methoxy groups -OCH3 is 2. The number of benzene rings is 1. The summed E-state index contributed by atoms with van der Waals surface area (Å²) in [7, 11) is 5.33. The van der Waals surface area contributed by atoms with Crippen molar-refractivity contribution in [3.63, 3.8) is 0 Å². The predicted molar refractivity (Wildman–Crippen MR) is 105 cm³/mol. The number of nitrogens with one attached hydrogen (secondary N) is 1. The molecule has 0 heterocycles. The first-order chi connectivity index (χ1) is 12.5. The molecule has 0 aliphatic heterocycles. The van der Waals surface area contributed by atoms with E-state index in [9.17, 15) is 5.11 Å². The summed E-state index contributed by atoms with van der Waals surface area (Å²) >= 11 is 0. The van der Waals surface area contributed by atoms with Gasteiger partial charge in [-0.05, 0) is 49.9 Å². The van der Waals surface area contributed by atoms with Crippen molar-refractivity contribution >= 4 is 5.96 Å². The van der Waals surface area contributed by atoms with Crippen molar-refractivity contribution in [1.29, 1.82) is 0 Å². The average molecular weight is 364 g/mol. The van der Waals surface area contributed by atoms with Crippen LogP contribution in [-0.2, 0) is 6.54 Å². The van der Waals surface area contributed by atoms with E-state index in [-0.39, 0.29) is 12.0 Å². The highest BCUT2D eigenvalue weighted by Gasteiger charge is 2.25. The Morgan fingerprint density at radius 2 is 1.96 bits per heavy atom. The van der Waals surface area contributed by atoms with E-state index in [1.165, 1.54) is 0 Å². The fraction of sp³-hybridized carbons (Fsp3) is 0.650. The number of aliphatic hydroxyl groups is 1. The summed E-state index contributed by atoms with van der Waals surface area (Å²) in [4.78, 5) is 6.87. The second kappa shape index (κ2) is 9.67. The van der Waals surface area contributed by atoms with Crippen molar-refractivity contribution in [1.82, 2.24) is 10.2 Å². The molecule has 26 heavy (non-hydrogen) atoms. The maximum Gasteiger partial charge on any atom is 0.193 e. The number of aliphatic hydroxyl groups excluding tert-OH is 1. The molecular weight excluding hydrogens is 330 g/mol. The van der Waals surface area contributed by atoms with Gasteiger partial charge in [-0.2, -0.15) is 0 Å². The molecule has 1 aromatic carbocycles. The van der Waals surface area contributed by atoms with E-state index in [2.05, 4.69) is 24.1 Å². The lowest BCUT2D eigenvalue weighted by molar-refractivity contribution is 0.136. The molecule has 0 aromatic heterocycles. The van der Waals surface area contributed by atoms with E-state index in [4.69, 9.17) is 14.5 Å². The Balaban J connectivity index is 2.12. The van der Waals surface area contributed by atoms with Gasteiger partial charge in [-0.15, -0.1) is 0 Å². The zero-order valence-corrected chi connectivity index (χ0v) is 16.7. The third kappa shape index (κ3) is 5.04. The molecule has 0 saturated heterocycles. The molecule has 1 aliphatic rings. The molecular formula is C20H33N3O3. The Morgan fingerprint density at radius 1 is 1.27 bits per heavy atom. The van der Waals surface area contributed by atoms with Crippen LogP contribution in [0.2, 0.25) is 0 Å². The van der Waals surface area contributed by atoms with E-state index in [1.807, 2.05) is 19.2 Å². The van der Waals surface area contributed by atoms with Crippen LogP contribution in [0.5, 0.6) is 11.5 Å². The number of ether oxygens (including phenoxy) is 2. The van der Waals surface area contributed by atoms with Crippen molar-refractivity contribution in [2.75, 3.05) is 34.4 Å². The molecule has 6 heteroatoms. The van der Waals surface area contributed by atoms with Gasteiger partial charge in [0.2, 0.25) is 0 Å². The highest BCUT2D eigenvalue weighted by Crippen LogP contribution is 2.31. The van der Waals surface area contributed by atoms with Crippen LogP contribution < -0.4 is 14.8 Å². The number of guanidine groups is 1. The number of hydrogen-bond donors (Lipinski definition) is 2. The van der Waals surface area contributed by atoms with Crippen LogP contribution in [0.1, 0.15) is 37.3 Å². The Kier molecular flexibility index (Phi) is 7.57. The number of rotatable bonds is 7. The molecule has 0 spiro atoms. The summed E-state index contributed by atoms with van der Waals surface area (Å²) in [5.74, 6) is 2.62. The van der Waals surface area contributed by atoms with Crippen molar-refractivity contribution in [2.45, 2.75) is 45.8 Å². The van der Waals surface area contributed by atoms with Crippen molar-refractivity contribution in [2.24, 2.45) is 10.9 Å². The molecule has 6 nitrogen and oxygen atoms in total. The first-order valence-corrected chi connectivity index (χ1v) is 9.39. The van der Waals surface area contributed by atoms with Gasteiger partial charge >= 0.3 is 0 Å². The molecule has 2 atom stereocenters. The van der Waals surface area contributed by atoms with Gasteiger partial charge in [-0.1, -0.05) is 6.42 Å². The zero-order valence-electron chi connectivity index (χ0n) is 16.7. The lowest BCUT2D eigenvalue weighted by atomic mass is 10.1. The minimum absolute atomic E-state index is 0.208. The first-order valence-electron chi connectivity index (χ1n) is 9.39. The zero-order chi connectivity index (χ0) is 19.1. The van der Waals surface area contributed by atoms with Gasteiger partial charge in [-0.25, -0.2) is 0 Å². The third-order valence-corrected chi connectivity index (χ3v) is 5.04. The lowest BCUT2D eigenvalue weighted by Crippen LogP contribution is -2.39. The number of hydrogen-bond acceptors (Lipinski definition) is 4. The summed E-state index contributed by atoms with van der Waals surface area (Å²) in [6.45, 7) is 6.32. The monoisotopic (exact) mass is 363 g/mol. The Hall–Kier alpha value is -1.95. The van der Waals surface area contributed by atoms with Gasteiger partial charge in [0.15, 0.2) is 17.5 Å². The molecule has 1 aromatic rings. The van der Waals surface area contributed by atoms with Gasteiger partial charge in [0.1, 0.15) is 0 Å². The van der Waals surface area contributed by atoms with E-state index in [0.717, 1.165) is 54.4 Å². The quantitative estimate of drug-likeness (QED) is 0.576. The minimum Gasteiger partial charge on any atom is -0.493 e. The normalized spacial score (nSPS) is 20.2. The van der Waals surface area contributed by atoms with E-state index >= 15 is 0 Å².